The van der Waals surface area contributed by atoms with Crippen molar-refractivity contribution in [3.05, 3.63) is 39.0 Å². The van der Waals surface area contributed by atoms with Crippen LogP contribution in [0.4, 0.5) is 13.2 Å². The Morgan fingerprint density at radius 1 is 1.38 bits per heavy atom. The Morgan fingerprint density at radius 2 is 2.12 bits per heavy atom. The van der Waals surface area contributed by atoms with E-state index in [1.807, 2.05) is 0 Å². The van der Waals surface area contributed by atoms with Gasteiger partial charge in [-0.1, -0.05) is 5.21 Å². The number of hydrogen-bond donors (Lipinski definition) is 1. The zero-order valence-corrected chi connectivity index (χ0v) is 13.6. The molecule has 0 amide bonds. The van der Waals surface area contributed by atoms with Crippen LogP contribution < -0.4 is 5.56 Å². The Morgan fingerprint density at radius 3 is 2.83 bits per heavy atom. The molecule has 0 fully saturated rings. The number of hydrogen-bond acceptors (Lipinski definition) is 6. The van der Waals surface area contributed by atoms with E-state index in [1.54, 1.807) is 23.4 Å². The van der Waals surface area contributed by atoms with Crippen molar-refractivity contribution < 1.29 is 13.2 Å². The van der Waals surface area contributed by atoms with E-state index in [4.69, 9.17) is 0 Å². The first-order valence-corrected chi connectivity index (χ1v) is 7.74. The number of halogens is 3. The third kappa shape index (κ3) is 3.17. The van der Waals surface area contributed by atoms with Gasteiger partial charge in [0.25, 0.3) is 5.56 Å². The van der Waals surface area contributed by atoms with E-state index in [0.29, 0.717) is 20.7 Å². The van der Waals surface area contributed by atoms with E-state index in [-0.39, 0.29) is 24.3 Å². The van der Waals surface area contributed by atoms with Gasteiger partial charge in [0.2, 0.25) is 0 Å². The predicted molar refractivity (Wildman–Crippen MR) is 81.4 cm³/mol. The fourth-order valence-electron chi connectivity index (χ4n) is 2.42. The number of alkyl halides is 3. The van der Waals surface area contributed by atoms with Gasteiger partial charge in [-0.3, -0.25) is 9.69 Å². The molecule has 3 rings (SSSR count). The lowest BCUT2D eigenvalue weighted by Crippen LogP contribution is -2.23. The van der Waals surface area contributed by atoms with Gasteiger partial charge < -0.3 is 4.98 Å². The van der Waals surface area contributed by atoms with Crippen LogP contribution >= 0.6 is 11.3 Å². The standard InChI is InChI=1S/C13H13F3N6OS/c1-21(5-8-11(13(14,15)16)22(2)20-19-8)6-9-17-7-3-4-24-10(7)12(23)18-9/h3-4H,5-6H2,1-2H3,(H,17,18,23). The number of thiophene rings is 1. The lowest BCUT2D eigenvalue weighted by Gasteiger charge is -2.16. The highest BCUT2D eigenvalue weighted by Gasteiger charge is 2.38. The number of fused-ring (bicyclic) bond motifs is 1. The Balaban J connectivity index is 1.80. The summed E-state index contributed by atoms with van der Waals surface area (Å²) in [7, 11) is 2.81. The van der Waals surface area contributed by atoms with Crippen LogP contribution in [-0.2, 0) is 26.3 Å². The minimum Gasteiger partial charge on any atom is -0.308 e. The van der Waals surface area contributed by atoms with Crippen molar-refractivity contribution in [1.29, 1.82) is 0 Å². The summed E-state index contributed by atoms with van der Waals surface area (Å²) in [5.41, 5.74) is -0.743. The Hall–Kier alpha value is -2.27. The van der Waals surface area contributed by atoms with Crippen LogP contribution in [0.5, 0.6) is 0 Å². The van der Waals surface area contributed by atoms with Crippen molar-refractivity contribution in [2.45, 2.75) is 19.3 Å². The fourth-order valence-corrected chi connectivity index (χ4v) is 3.14. The number of aromatic amines is 1. The van der Waals surface area contributed by atoms with Crippen molar-refractivity contribution in [3.63, 3.8) is 0 Å². The minimum atomic E-state index is -4.53. The summed E-state index contributed by atoms with van der Waals surface area (Å²) in [4.78, 5) is 20.4. The van der Waals surface area contributed by atoms with Crippen LogP contribution in [0.1, 0.15) is 17.2 Å². The summed E-state index contributed by atoms with van der Waals surface area (Å²) in [5, 5.41) is 8.78. The number of aromatic nitrogens is 5. The number of aryl methyl sites for hydroxylation is 1. The summed E-state index contributed by atoms with van der Waals surface area (Å²) in [5.74, 6) is 0.380. The van der Waals surface area contributed by atoms with Gasteiger partial charge in [-0.05, 0) is 18.5 Å². The van der Waals surface area contributed by atoms with E-state index in [9.17, 15) is 18.0 Å². The van der Waals surface area contributed by atoms with Crippen molar-refractivity contribution in [1.82, 2.24) is 29.9 Å². The van der Waals surface area contributed by atoms with Gasteiger partial charge in [0.15, 0.2) is 5.69 Å². The molecule has 0 bridgehead atoms. The van der Waals surface area contributed by atoms with Gasteiger partial charge >= 0.3 is 6.18 Å². The van der Waals surface area contributed by atoms with Crippen molar-refractivity contribution in [2.24, 2.45) is 7.05 Å². The van der Waals surface area contributed by atoms with E-state index in [2.05, 4.69) is 20.3 Å². The van der Waals surface area contributed by atoms with Gasteiger partial charge in [0, 0.05) is 13.6 Å². The van der Waals surface area contributed by atoms with Crippen LogP contribution in [0.2, 0.25) is 0 Å². The first-order valence-electron chi connectivity index (χ1n) is 6.86. The zero-order valence-electron chi connectivity index (χ0n) is 12.8. The summed E-state index contributed by atoms with van der Waals surface area (Å²) in [6.45, 7) is 0.100. The molecule has 0 atom stereocenters. The zero-order chi connectivity index (χ0) is 17.5. The maximum absolute atomic E-state index is 13.0. The second-order valence-electron chi connectivity index (χ2n) is 5.33. The topological polar surface area (TPSA) is 79.7 Å². The van der Waals surface area contributed by atoms with Gasteiger partial charge in [-0.15, -0.1) is 16.4 Å². The summed E-state index contributed by atoms with van der Waals surface area (Å²) >= 11 is 1.29. The van der Waals surface area contributed by atoms with E-state index in [0.717, 1.165) is 0 Å². The predicted octanol–water partition coefficient (Wildman–Crippen LogP) is 1.76. The Bertz CT molecular complexity index is 928. The molecule has 3 heterocycles. The molecule has 24 heavy (non-hydrogen) atoms. The average molecular weight is 358 g/mol. The van der Waals surface area contributed by atoms with Crippen LogP contribution in [-0.4, -0.2) is 36.9 Å². The number of H-pyrrole nitrogens is 1. The lowest BCUT2D eigenvalue weighted by molar-refractivity contribution is -0.144. The molecule has 1 N–H and O–H groups in total. The lowest BCUT2D eigenvalue weighted by atomic mass is 10.3. The molecular weight excluding hydrogens is 345 g/mol. The average Bonchev–Trinajstić information content (AvgIpc) is 3.05. The monoisotopic (exact) mass is 358 g/mol. The summed E-state index contributed by atoms with van der Waals surface area (Å²) in [6, 6.07) is 1.73. The molecule has 0 aromatic carbocycles. The number of nitrogens with zero attached hydrogens (tertiary/aromatic N) is 5. The SMILES string of the molecule is CN(Cc1nc2ccsc2c(=O)[nH]1)Cc1nnn(C)c1C(F)(F)F. The maximum atomic E-state index is 13.0. The highest BCUT2D eigenvalue weighted by molar-refractivity contribution is 7.17. The molecule has 3 aromatic rings. The normalized spacial score (nSPS) is 12.4. The number of nitrogens with one attached hydrogen (secondary N) is 1. The molecule has 0 saturated heterocycles. The smallest absolute Gasteiger partial charge is 0.308 e. The molecule has 0 spiro atoms. The van der Waals surface area contributed by atoms with E-state index < -0.39 is 11.9 Å². The second-order valence-corrected chi connectivity index (χ2v) is 6.24. The van der Waals surface area contributed by atoms with Gasteiger partial charge in [0.1, 0.15) is 16.2 Å². The first-order chi connectivity index (χ1) is 11.3. The molecule has 0 unspecified atom stereocenters. The van der Waals surface area contributed by atoms with E-state index >= 15 is 0 Å². The highest BCUT2D eigenvalue weighted by atomic mass is 32.1. The molecule has 0 saturated carbocycles. The molecule has 0 aliphatic carbocycles. The fraction of sp³-hybridized carbons (Fsp3) is 0.385. The van der Waals surface area contributed by atoms with Crippen LogP contribution in [0.15, 0.2) is 16.2 Å². The van der Waals surface area contributed by atoms with Gasteiger partial charge in [0.05, 0.1) is 12.1 Å². The molecule has 7 nitrogen and oxygen atoms in total. The first kappa shape index (κ1) is 16.6. The summed E-state index contributed by atoms with van der Waals surface area (Å²) < 4.78 is 40.3. The molecule has 128 valence electrons. The molecule has 0 radical (unpaired) electrons. The molecule has 0 aliphatic heterocycles. The van der Waals surface area contributed by atoms with Gasteiger partial charge in [-0.25, -0.2) is 9.67 Å². The summed E-state index contributed by atoms with van der Waals surface area (Å²) in [6.07, 6.45) is -4.53. The third-order valence-corrected chi connectivity index (χ3v) is 4.27. The Labute approximate surface area is 137 Å². The molecule has 11 heteroatoms. The minimum absolute atomic E-state index is 0.0753. The molecule has 3 aromatic heterocycles. The number of rotatable bonds is 4. The maximum Gasteiger partial charge on any atom is 0.434 e. The van der Waals surface area contributed by atoms with Crippen molar-refractivity contribution in [2.75, 3.05) is 7.05 Å². The Kier molecular flexibility index (Phi) is 4.13. The molecular formula is C13H13F3N6OS. The van der Waals surface area contributed by atoms with Crippen LogP contribution in [0.3, 0.4) is 0 Å². The van der Waals surface area contributed by atoms with Crippen molar-refractivity contribution >= 4 is 21.6 Å². The van der Waals surface area contributed by atoms with Crippen LogP contribution in [0, 0.1) is 0 Å². The van der Waals surface area contributed by atoms with Gasteiger partial charge in [-0.2, -0.15) is 13.2 Å². The van der Waals surface area contributed by atoms with Crippen LogP contribution in [0.25, 0.3) is 10.2 Å². The highest BCUT2D eigenvalue weighted by Crippen LogP contribution is 2.31. The quantitative estimate of drug-likeness (QED) is 0.769. The second kappa shape index (κ2) is 5.98. The van der Waals surface area contributed by atoms with E-state index in [1.165, 1.54) is 18.4 Å². The largest absolute Gasteiger partial charge is 0.434 e. The molecule has 0 aliphatic rings. The van der Waals surface area contributed by atoms with Crippen molar-refractivity contribution in [3.8, 4) is 0 Å². The third-order valence-electron chi connectivity index (χ3n) is 3.37.